The smallest absolute Gasteiger partial charge is 0.234 e. The van der Waals surface area contributed by atoms with Crippen molar-refractivity contribution in [1.82, 2.24) is 5.32 Å². The van der Waals surface area contributed by atoms with Crippen LogP contribution in [0, 0.1) is 5.41 Å². The average Bonchev–Trinajstić information content (AvgIpc) is 2.13. The Morgan fingerprint density at radius 2 is 2.24 bits per heavy atom. The van der Waals surface area contributed by atoms with Gasteiger partial charge in [0.05, 0.1) is 0 Å². The Morgan fingerprint density at radius 3 is 2.59 bits per heavy atom. The zero-order valence-electron chi connectivity index (χ0n) is 10.1. The molecule has 1 aliphatic rings. The number of nitrogens with two attached hydrogens (primary N) is 1. The Balaban J connectivity index is 2.65. The van der Waals surface area contributed by atoms with Gasteiger partial charge < -0.3 is 16.3 Å². The molecule has 0 bridgehead atoms. The molecule has 0 saturated heterocycles. The summed E-state index contributed by atoms with van der Waals surface area (Å²) in [5.41, 5.74) is 4.71. The maximum atomic E-state index is 12.1. The van der Waals surface area contributed by atoms with Gasteiger partial charge in [-0.15, -0.1) is 0 Å². The van der Waals surface area contributed by atoms with E-state index in [9.17, 15) is 9.00 Å². The quantitative estimate of drug-likeness (QED) is 0.275. The first kappa shape index (κ1) is 14.0. The lowest BCUT2D eigenvalue weighted by Crippen LogP contribution is -2.56. The minimum absolute atomic E-state index is 0.0360. The number of hydrogen-bond acceptors (Lipinski definition) is 4. The van der Waals surface area contributed by atoms with Crippen molar-refractivity contribution in [2.75, 3.05) is 12.0 Å². The predicted molar refractivity (Wildman–Crippen MR) is 66.2 cm³/mol. The number of oxime groups is 1. The number of carbonyl (C=O) groups excluding carboxylic acids is 1. The van der Waals surface area contributed by atoms with Crippen molar-refractivity contribution in [3.05, 3.63) is 0 Å². The molecule has 2 unspecified atom stereocenters. The van der Waals surface area contributed by atoms with Gasteiger partial charge in [-0.25, -0.2) is 0 Å². The summed E-state index contributed by atoms with van der Waals surface area (Å²) >= 11 is 0. The summed E-state index contributed by atoms with van der Waals surface area (Å²) in [6.45, 7) is 1.79. The van der Waals surface area contributed by atoms with Crippen LogP contribution >= 0.6 is 0 Å². The van der Waals surface area contributed by atoms with E-state index >= 15 is 0 Å². The monoisotopic (exact) mass is 261 g/mol. The fourth-order valence-electron chi connectivity index (χ4n) is 1.98. The molecule has 0 aliphatic heterocycles. The first-order valence-electron chi connectivity index (χ1n) is 5.51. The van der Waals surface area contributed by atoms with Crippen molar-refractivity contribution in [1.29, 1.82) is 0 Å². The largest absolute Gasteiger partial charge is 0.409 e. The summed E-state index contributed by atoms with van der Waals surface area (Å²) in [5, 5.41) is 14.4. The number of nitrogens with one attached hydrogen (secondary N) is 1. The van der Waals surface area contributed by atoms with E-state index < -0.39 is 16.2 Å². The van der Waals surface area contributed by atoms with E-state index in [-0.39, 0.29) is 17.8 Å². The highest BCUT2D eigenvalue weighted by molar-refractivity contribution is 7.84. The van der Waals surface area contributed by atoms with E-state index in [2.05, 4.69) is 10.5 Å². The van der Waals surface area contributed by atoms with Crippen LogP contribution in [0.4, 0.5) is 0 Å². The Labute approximate surface area is 103 Å². The highest BCUT2D eigenvalue weighted by atomic mass is 32.2. The molecule has 0 heterocycles. The van der Waals surface area contributed by atoms with Crippen LogP contribution in [0.25, 0.3) is 0 Å². The molecule has 1 rings (SSSR count). The third-order valence-corrected chi connectivity index (χ3v) is 4.07. The summed E-state index contributed by atoms with van der Waals surface area (Å²) in [6.07, 6.45) is 3.66. The van der Waals surface area contributed by atoms with Crippen LogP contribution < -0.4 is 11.1 Å². The number of amidine groups is 1. The minimum Gasteiger partial charge on any atom is -0.409 e. The summed E-state index contributed by atoms with van der Waals surface area (Å²) in [7, 11) is -0.961. The Hall–Kier alpha value is -1.11. The fourth-order valence-corrected chi connectivity index (χ4v) is 2.77. The second kappa shape index (κ2) is 5.48. The van der Waals surface area contributed by atoms with Gasteiger partial charge in [-0.3, -0.25) is 9.00 Å². The number of hydrogen-bond donors (Lipinski definition) is 3. The highest BCUT2D eigenvalue weighted by Gasteiger charge is 2.48. The van der Waals surface area contributed by atoms with Crippen LogP contribution in [-0.4, -0.2) is 39.2 Å². The van der Waals surface area contributed by atoms with Gasteiger partial charge in [-0.1, -0.05) is 11.6 Å². The lowest BCUT2D eigenvalue weighted by Gasteiger charge is -2.39. The number of rotatable bonds is 5. The van der Waals surface area contributed by atoms with Crippen molar-refractivity contribution in [2.45, 2.75) is 32.2 Å². The zero-order chi connectivity index (χ0) is 13.1. The topological polar surface area (TPSA) is 105 Å². The molecule has 7 heteroatoms. The van der Waals surface area contributed by atoms with E-state index in [4.69, 9.17) is 10.9 Å². The number of nitrogens with zero attached hydrogens (tertiary/aromatic N) is 1. The molecule has 0 radical (unpaired) electrons. The van der Waals surface area contributed by atoms with Crippen LogP contribution in [0.3, 0.4) is 0 Å². The Bertz CT molecular complexity index is 353. The second-order valence-electron chi connectivity index (χ2n) is 4.54. The van der Waals surface area contributed by atoms with Gasteiger partial charge in [-0.05, 0) is 19.8 Å². The van der Waals surface area contributed by atoms with Gasteiger partial charge in [0.2, 0.25) is 5.91 Å². The molecule has 1 fully saturated rings. The molecule has 0 aromatic carbocycles. The lowest BCUT2D eigenvalue weighted by atomic mass is 9.67. The molecular weight excluding hydrogens is 242 g/mol. The highest BCUT2D eigenvalue weighted by Crippen LogP contribution is 2.41. The Kier molecular flexibility index (Phi) is 4.50. The molecule has 1 aliphatic carbocycles. The summed E-state index contributed by atoms with van der Waals surface area (Å²) in [6, 6.07) is -0.183. The van der Waals surface area contributed by atoms with Crippen LogP contribution in [0.5, 0.6) is 0 Å². The van der Waals surface area contributed by atoms with Gasteiger partial charge in [0.15, 0.2) is 5.84 Å². The normalized spacial score (nSPS) is 22.4. The van der Waals surface area contributed by atoms with Crippen molar-refractivity contribution < 1.29 is 14.2 Å². The SMILES string of the molecule is CC(CS(C)=O)NC(=O)C1(C(N)=NO)CCC1. The van der Waals surface area contributed by atoms with E-state index in [1.54, 1.807) is 13.2 Å². The molecule has 1 amide bonds. The van der Waals surface area contributed by atoms with E-state index in [1.165, 1.54) is 0 Å². The van der Waals surface area contributed by atoms with Crippen LogP contribution in [0.2, 0.25) is 0 Å². The van der Waals surface area contributed by atoms with Crippen molar-refractivity contribution in [3.8, 4) is 0 Å². The van der Waals surface area contributed by atoms with E-state index in [1.807, 2.05) is 0 Å². The summed E-state index contributed by atoms with van der Waals surface area (Å²) in [5.74, 6) is 0.126. The molecule has 0 spiro atoms. The lowest BCUT2D eigenvalue weighted by molar-refractivity contribution is -0.131. The molecule has 98 valence electrons. The molecular formula is C10H19N3O3S. The number of carbonyl (C=O) groups is 1. The molecule has 17 heavy (non-hydrogen) atoms. The van der Waals surface area contributed by atoms with Crippen LogP contribution in [0.15, 0.2) is 5.16 Å². The first-order chi connectivity index (χ1) is 7.92. The summed E-state index contributed by atoms with van der Waals surface area (Å²) in [4.78, 5) is 12.1. The van der Waals surface area contributed by atoms with Gasteiger partial charge >= 0.3 is 0 Å². The maximum Gasteiger partial charge on any atom is 0.234 e. The molecule has 4 N–H and O–H groups in total. The van der Waals surface area contributed by atoms with Crippen molar-refractivity contribution >= 4 is 22.5 Å². The van der Waals surface area contributed by atoms with Gasteiger partial charge in [0.25, 0.3) is 0 Å². The first-order valence-corrected chi connectivity index (χ1v) is 7.24. The van der Waals surface area contributed by atoms with Gasteiger partial charge in [-0.2, -0.15) is 0 Å². The van der Waals surface area contributed by atoms with E-state index in [0.717, 1.165) is 6.42 Å². The molecule has 0 aromatic rings. The third-order valence-electron chi connectivity index (χ3n) is 3.10. The summed E-state index contributed by atoms with van der Waals surface area (Å²) < 4.78 is 11.0. The maximum absolute atomic E-state index is 12.1. The Morgan fingerprint density at radius 1 is 1.65 bits per heavy atom. The number of amides is 1. The van der Waals surface area contributed by atoms with Crippen LogP contribution in [0.1, 0.15) is 26.2 Å². The minimum atomic E-state index is -0.961. The van der Waals surface area contributed by atoms with Crippen molar-refractivity contribution in [3.63, 3.8) is 0 Å². The molecule has 0 aromatic heterocycles. The molecule has 1 saturated carbocycles. The third kappa shape index (κ3) is 2.96. The zero-order valence-corrected chi connectivity index (χ0v) is 10.9. The molecule has 6 nitrogen and oxygen atoms in total. The average molecular weight is 261 g/mol. The fraction of sp³-hybridized carbons (Fsp3) is 0.800. The standard InChI is InChI=1S/C10H19N3O3S/c1-7(6-17(2)16)12-9(14)10(4-3-5-10)8(11)13-15/h7,15H,3-6H2,1-2H3,(H2,11,13)(H,12,14). The van der Waals surface area contributed by atoms with Crippen LogP contribution in [-0.2, 0) is 15.6 Å². The predicted octanol–water partition coefficient (Wildman–Crippen LogP) is -0.214. The van der Waals surface area contributed by atoms with Gasteiger partial charge in [0, 0.05) is 28.9 Å². The second-order valence-corrected chi connectivity index (χ2v) is 6.01. The van der Waals surface area contributed by atoms with Crippen molar-refractivity contribution in [2.24, 2.45) is 16.3 Å². The van der Waals surface area contributed by atoms with E-state index in [0.29, 0.717) is 18.6 Å². The van der Waals surface area contributed by atoms with Gasteiger partial charge in [0.1, 0.15) is 5.41 Å². The molecule has 2 atom stereocenters.